The molecule has 1 aromatic carbocycles. The molecule has 0 aromatic heterocycles. The highest BCUT2D eigenvalue weighted by molar-refractivity contribution is 5.98. The van der Waals surface area contributed by atoms with Crippen molar-refractivity contribution in [2.24, 2.45) is 5.92 Å². The van der Waals surface area contributed by atoms with Crippen molar-refractivity contribution in [3.05, 3.63) is 47.3 Å². The molecule has 5 atom stereocenters. The van der Waals surface area contributed by atoms with E-state index in [0.29, 0.717) is 36.8 Å². The van der Waals surface area contributed by atoms with Gasteiger partial charge in [-0.05, 0) is 37.3 Å². The maximum absolute atomic E-state index is 14.3. The molecule has 48 heavy (non-hydrogen) atoms. The van der Waals surface area contributed by atoms with Crippen LogP contribution in [0.1, 0.15) is 56.1 Å². The number of carbonyl (C=O) groups excluding carboxylic acids is 5. The molecule has 4 aliphatic rings. The maximum atomic E-state index is 14.3. The van der Waals surface area contributed by atoms with Gasteiger partial charge in [0.15, 0.2) is 12.8 Å². The Morgan fingerprint density at radius 1 is 1.15 bits per heavy atom. The van der Waals surface area contributed by atoms with E-state index in [9.17, 15) is 41.5 Å². The first kappa shape index (κ1) is 34.5. The number of nitriles is 1. The number of nitrogens with zero attached hydrogens (tertiary/aromatic N) is 3. The molecule has 1 aromatic rings. The van der Waals surface area contributed by atoms with E-state index in [2.05, 4.69) is 20.7 Å². The van der Waals surface area contributed by atoms with Crippen LogP contribution < -0.4 is 16.0 Å². The Balaban J connectivity index is 1.38. The third-order valence-electron chi connectivity index (χ3n) is 8.92. The fourth-order valence-electron chi connectivity index (χ4n) is 6.39. The molecule has 13 nitrogen and oxygen atoms in total. The minimum atomic E-state index is -4.80. The van der Waals surface area contributed by atoms with Crippen LogP contribution in [0.4, 0.5) is 27.2 Å². The van der Waals surface area contributed by atoms with E-state index in [4.69, 9.17) is 10.00 Å². The molecule has 258 valence electrons. The molecule has 3 N–H and O–H groups in total. The summed E-state index contributed by atoms with van der Waals surface area (Å²) in [5, 5.41) is 16.0. The molecule has 3 heterocycles. The average Bonchev–Trinajstić information content (AvgIpc) is 3.33. The molecule has 1 saturated heterocycles. The van der Waals surface area contributed by atoms with E-state index < -0.39 is 78.2 Å². The minimum Gasteiger partial charge on any atom is -0.444 e. The van der Waals surface area contributed by atoms with E-state index in [1.165, 1.54) is 17.0 Å². The van der Waals surface area contributed by atoms with Crippen LogP contribution in [0.3, 0.4) is 0 Å². The molecule has 0 spiro atoms. The predicted octanol–water partition coefficient (Wildman–Crippen LogP) is 2.90. The standard InChI is InChI=1S/C31H34F4N6O7/c32-22-9-6-7-18-13-40(15-21(18)22)29(46)48-20-11-24-25(42)39-30(27(44)37-17-36)12-19(30)8-4-2-1-3-5-10-23(26(43)41(24)14-20)38-28(45)47-16-31(33,34)35/h4,6-9,19-20,23-24H,1-3,5,10-16H2,(H,37,44)(H,38,45)(H,39,42)/b8-4-/t19-,20-,23+,24?,30-/m1/s1. The SMILES string of the molecule is N#CNC(=O)[C@@]12C[C@H]1/C=C\CCCCC[C@H](NC(=O)OCC(F)(F)F)C(=O)N1C[C@H](OC(=O)N3Cc4cccc(F)c4C3)CC1C(=O)N2. The van der Waals surface area contributed by atoms with Gasteiger partial charge in [-0.25, -0.2) is 14.0 Å². The highest BCUT2D eigenvalue weighted by Crippen LogP contribution is 2.45. The van der Waals surface area contributed by atoms with Gasteiger partial charge in [0.2, 0.25) is 11.8 Å². The first-order chi connectivity index (χ1) is 22.8. The number of nitrogens with one attached hydrogen (secondary N) is 3. The van der Waals surface area contributed by atoms with Gasteiger partial charge in [-0.15, -0.1) is 0 Å². The van der Waals surface area contributed by atoms with Crippen molar-refractivity contribution >= 4 is 29.9 Å². The molecule has 3 aliphatic heterocycles. The van der Waals surface area contributed by atoms with Gasteiger partial charge < -0.3 is 25.0 Å². The number of ether oxygens (including phenoxy) is 2. The molecule has 5 amide bonds. The monoisotopic (exact) mass is 678 g/mol. The summed E-state index contributed by atoms with van der Waals surface area (Å²) < 4.78 is 62.3. The van der Waals surface area contributed by atoms with Gasteiger partial charge in [0.05, 0.1) is 13.1 Å². The van der Waals surface area contributed by atoms with Crippen LogP contribution in [0.5, 0.6) is 0 Å². The molecule has 0 bridgehead atoms. The van der Waals surface area contributed by atoms with Crippen molar-refractivity contribution in [1.29, 1.82) is 5.26 Å². The number of fused-ring (bicyclic) bond motifs is 3. The van der Waals surface area contributed by atoms with Gasteiger partial charge in [-0.1, -0.05) is 37.1 Å². The number of alkyl carbamates (subject to hydrolysis) is 1. The van der Waals surface area contributed by atoms with Gasteiger partial charge >= 0.3 is 18.4 Å². The summed E-state index contributed by atoms with van der Waals surface area (Å²) in [6.07, 6.45) is -0.807. The second-order valence-electron chi connectivity index (χ2n) is 12.3. The third kappa shape index (κ3) is 7.80. The zero-order valence-corrected chi connectivity index (χ0v) is 25.7. The number of allylic oxidation sites excluding steroid dienone is 1. The fraction of sp³-hybridized carbons (Fsp3) is 0.548. The Morgan fingerprint density at radius 2 is 1.94 bits per heavy atom. The molecule has 1 saturated carbocycles. The number of rotatable bonds is 4. The molecule has 0 radical (unpaired) electrons. The third-order valence-corrected chi connectivity index (χ3v) is 8.92. The molecular formula is C31H34F4N6O7. The Labute approximate surface area is 272 Å². The number of amides is 5. The molecule has 1 aliphatic carbocycles. The van der Waals surface area contributed by atoms with E-state index >= 15 is 0 Å². The number of carbonyl (C=O) groups is 5. The van der Waals surface area contributed by atoms with Crippen LogP contribution in [0, 0.1) is 23.2 Å². The lowest BCUT2D eigenvalue weighted by molar-refractivity contribution is -0.160. The molecular weight excluding hydrogens is 644 g/mol. The van der Waals surface area contributed by atoms with Crippen molar-refractivity contribution in [3.8, 4) is 6.19 Å². The Bertz CT molecular complexity index is 1530. The van der Waals surface area contributed by atoms with E-state index in [1.807, 2.05) is 6.08 Å². The molecule has 1 unspecified atom stereocenters. The molecule has 2 fully saturated rings. The smallest absolute Gasteiger partial charge is 0.422 e. The van der Waals surface area contributed by atoms with Gasteiger partial charge in [-0.3, -0.25) is 24.6 Å². The first-order valence-electron chi connectivity index (χ1n) is 15.5. The van der Waals surface area contributed by atoms with Gasteiger partial charge in [0.1, 0.15) is 29.5 Å². The lowest BCUT2D eigenvalue weighted by Gasteiger charge is -2.29. The zero-order valence-electron chi connectivity index (χ0n) is 25.7. The van der Waals surface area contributed by atoms with Crippen molar-refractivity contribution in [1.82, 2.24) is 25.8 Å². The highest BCUT2D eigenvalue weighted by atomic mass is 19.4. The summed E-state index contributed by atoms with van der Waals surface area (Å²) in [4.78, 5) is 68.5. The number of alkyl halides is 3. The van der Waals surface area contributed by atoms with Crippen molar-refractivity contribution in [2.45, 2.75) is 87.9 Å². The van der Waals surface area contributed by atoms with Gasteiger partial charge in [0, 0.05) is 24.4 Å². The van der Waals surface area contributed by atoms with Crippen LogP contribution >= 0.6 is 0 Å². The van der Waals surface area contributed by atoms with Crippen molar-refractivity contribution < 1.29 is 51.0 Å². The van der Waals surface area contributed by atoms with Gasteiger partial charge in [-0.2, -0.15) is 18.4 Å². The lowest BCUT2D eigenvalue weighted by atomic mass is 10.1. The second kappa shape index (κ2) is 14.1. The summed E-state index contributed by atoms with van der Waals surface area (Å²) in [7, 11) is 0. The summed E-state index contributed by atoms with van der Waals surface area (Å²) in [5.74, 6) is -3.29. The minimum absolute atomic E-state index is 0.00764. The summed E-state index contributed by atoms with van der Waals surface area (Å²) in [6.45, 7) is -2.19. The van der Waals surface area contributed by atoms with Crippen LogP contribution in [0.2, 0.25) is 0 Å². The molecule has 17 heteroatoms. The average molecular weight is 679 g/mol. The Kier molecular flexibility index (Phi) is 10.1. The number of benzene rings is 1. The summed E-state index contributed by atoms with van der Waals surface area (Å²) >= 11 is 0. The fourth-order valence-corrected chi connectivity index (χ4v) is 6.39. The first-order valence-corrected chi connectivity index (χ1v) is 15.5. The highest BCUT2D eigenvalue weighted by Gasteiger charge is 2.61. The number of halogens is 4. The summed E-state index contributed by atoms with van der Waals surface area (Å²) in [5.41, 5.74) is -0.540. The topological polar surface area (TPSA) is 170 Å². The summed E-state index contributed by atoms with van der Waals surface area (Å²) in [6, 6.07) is 1.74. The van der Waals surface area contributed by atoms with Crippen LogP contribution in [-0.4, -0.2) is 82.8 Å². The molecule has 5 rings (SSSR count). The lowest BCUT2D eigenvalue weighted by Crippen LogP contribution is -2.57. The largest absolute Gasteiger partial charge is 0.444 e. The Hall–Kier alpha value is -4.88. The van der Waals surface area contributed by atoms with Crippen LogP contribution in [0.25, 0.3) is 0 Å². The van der Waals surface area contributed by atoms with Crippen LogP contribution in [-0.2, 0) is 36.9 Å². The normalized spacial score (nSPS) is 27.9. The quantitative estimate of drug-likeness (QED) is 0.189. The maximum Gasteiger partial charge on any atom is 0.422 e. The second-order valence-corrected chi connectivity index (χ2v) is 12.3. The number of hydrogen-bond acceptors (Lipinski definition) is 8. The predicted molar refractivity (Wildman–Crippen MR) is 155 cm³/mol. The zero-order chi connectivity index (χ0) is 34.6. The van der Waals surface area contributed by atoms with E-state index in [0.717, 1.165) is 4.90 Å². The van der Waals surface area contributed by atoms with E-state index in [1.54, 1.807) is 18.3 Å². The Morgan fingerprint density at radius 3 is 2.67 bits per heavy atom. The van der Waals surface area contributed by atoms with Gasteiger partial charge in [0.25, 0.3) is 5.91 Å². The van der Waals surface area contributed by atoms with Crippen LogP contribution in [0.15, 0.2) is 30.4 Å². The van der Waals surface area contributed by atoms with Crippen molar-refractivity contribution in [2.75, 3.05) is 13.2 Å². The number of hydrogen-bond donors (Lipinski definition) is 3. The van der Waals surface area contributed by atoms with E-state index in [-0.39, 0.29) is 38.9 Å². The van der Waals surface area contributed by atoms with Crippen molar-refractivity contribution in [3.63, 3.8) is 0 Å².